The summed E-state index contributed by atoms with van der Waals surface area (Å²) in [6.45, 7) is 4.68. The second-order valence-electron chi connectivity index (χ2n) is 6.24. The molecule has 2 atom stereocenters. The predicted molar refractivity (Wildman–Crippen MR) is 91.5 cm³/mol. The lowest BCUT2D eigenvalue weighted by atomic mass is 9.90. The van der Waals surface area contributed by atoms with Gasteiger partial charge >= 0.3 is 6.03 Å². The highest BCUT2D eigenvalue weighted by atomic mass is 16.2. The minimum Gasteiger partial charge on any atom is -0.347 e. The van der Waals surface area contributed by atoms with Crippen LogP contribution < -0.4 is 16.0 Å². The van der Waals surface area contributed by atoms with Crippen molar-refractivity contribution in [2.75, 3.05) is 6.54 Å². The van der Waals surface area contributed by atoms with E-state index < -0.39 is 0 Å². The zero-order chi connectivity index (χ0) is 16.7. The lowest BCUT2D eigenvalue weighted by Crippen LogP contribution is -2.55. The summed E-state index contributed by atoms with van der Waals surface area (Å²) in [7, 11) is 0. The number of hydrogen-bond acceptors (Lipinski definition) is 2. The third-order valence-electron chi connectivity index (χ3n) is 4.25. The average Bonchev–Trinajstić information content (AvgIpc) is 2.55. The van der Waals surface area contributed by atoms with Gasteiger partial charge in [-0.3, -0.25) is 4.79 Å². The lowest BCUT2D eigenvalue weighted by Gasteiger charge is -2.32. The third-order valence-corrected chi connectivity index (χ3v) is 4.25. The van der Waals surface area contributed by atoms with Gasteiger partial charge in [0.25, 0.3) is 5.91 Å². The zero-order valence-electron chi connectivity index (χ0n) is 14.0. The van der Waals surface area contributed by atoms with Crippen molar-refractivity contribution in [3.8, 4) is 0 Å². The first-order chi connectivity index (χ1) is 11.1. The predicted octanol–water partition coefficient (Wildman–Crippen LogP) is 2.75. The van der Waals surface area contributed by atoms with Crippen molar-refractivity contribution in [3.63, 3.8) is 0 Å². The van der Waals surface area contributed by atoms with Gasteiger partial charge in [0.1, 0.15) is 0 Å². The molecule has 5 heteroatoms. The second kappa shape index (κ2) is 8.56. The normalized spacial score (nSPS) is 20.6. The van der Waals surface area contributed by atoms with E-state index in [0.29, 0.717) is 12.1 Å². The van der Waals surface area contributed by atoms with Gasteiger partial charge in [0.15, 0.2) is 0 Å². The summed E-state index contributed by atoms with van der Waals surface area (Å²) in [5, 5.41) is 8.92. The number of urea groups is 1. The molecule has 1 aromatic rings. The molecule has 23 heavy (non-hydrogen) atoms. The van der Waals surface area contributed by atoms with Gasteiger partial charge in [-0.25, -0.2) is 4.79 Å². The Morgan fingerprint density at radius 2 is 1.65 bits per heavy atom. The molecule has 0 heterocycles. The van der Waals surface area contributed by atoms with Gasteiger partial charge < -0.3 is 16.0 Å². The maximum Gasteiger partial charge on any atom is 0.315 e. The average molecular weight is 317 g/mol. The SMILES string of the molecule is CCCNC(=O)NC1CCCCC1NC(=O)c1ccc(C)cc1. The largest absolute Gasteiger partial charge is 0.347 e. The van der Waals surface area contributed by atoms with Crippen LogP contribution >= 0.6 is 0 Å². The number of aryl methyl sites for hydroxylation is 1. The molecule has 1 saturated carbocycles. The summed E-state index contributed by atoms with van der Waals surface area (Å²) < 4.78 is 0. The Morgan fingerprint density at radius 3 is 2.26 bits per heavy atom. The summed E-state index contributed by atoms with van der Waals surface area (Å²) in [6, 6.07) is 7.38. The van der Waals surface area contributed by atoms with Gasteiger partial charge in [-0.1, -0.05) is 37.5 Å². The number of amides is 3. The van der Waals surface area contributed by atoms with Crippen LogP contribution in [-0.2, 0) is 0 Å². The molecule has 1 aliphatic rings. The molecular weight excluding hydrogens is 290 g/mol. The summed E-state index contributed by atoms with van der Waals surface area (Å²) in [5.41, 5.74) is 1.79. The smallest absolute Gasteiger partial charge is 0.315 e. The van der Waals surface area contributed by atoms with Crippen LogP contribution in [0.2, 0.25) is 0 Å². The first kappa shape index (κ1) is 17.3. The van der Waals surface area contributed by atoms with Crippen LogP contribution in [0.1, 0.15) is 54.9 Å². The van der Waals surface area contributed by atoms with Crippen LogP contribution in [-0.4, -0.2) is 30.6 Å². The Kier molecular flexibility index (Phi) is 6.44. The van der Waals surface area contributed by atoms with Crippen molar-refractivity contribution in [3.05, 3.63) is 35.4 Å². The van der Waals surface area contributed by atoms with Crippen molar-refractivity contribution in [2.24, 2.45) is 0 Å². The zero-order valence-corrected chi connectivity index (χ0v) is 14.0. The van der Waals surface area contributed by atoms with E-state index in [0.717, 1.165) is 37.7 Å². The van der Waals surface area contributed by atoms with Crippen LogP contribution in [0.4, 0.5) is 4.79 Å². The van der Waals surface area contributed by atoms with E-state index in [1.54, 1.807) is 0 Å². The van der Waals surface area contributed by atoms with Crippen LogP contribution in [0.25, 0.3) is 0 Å². The molecule has 5 nitrogen and oxygen atoms in total. The topological polar surface area (TPSA) is 70.2 Å². The first-order valence-electron chi connectivity index (χ1n) is 8.52. The third kappa shape index (κ3) is 5.27. The lowest BCUT2D eigenvalue weighted by molar-refractivity contribution is 0.0916. The highest BCUT2D eigenvalue weighted by Gasteiger charge is 2.27. The number of rotatable bonds is 5. The molecule has 0 spiro atoms. The van der Waals surface area contributed by atoms with Crippen molar-refractivity contribution in [1.29, 1.82) is 0 Å². The molecule has 2 unspecified atom stereocenters. The molecule has 3 amide bonds. The van der Waals surface area contributed by atoms with Gasteiger partial charge in [-0.2, -0.15) is 0 Å². The standard InChI is InChI=1S/C18H27N3O2/c1-3-12-19-18(23)21-16-7-5-4-6-15(16)20-17(22)14-10-8-13(2)9-11-14/h8-11,15-16H,3-7,12H2,1-2H3,(H,20,22)(H2,19,21,23). The first-order valence-corrected chi connectivity index (χ1v) is 8.52. The number of carbonyl (C=O) groups is 2. The van der Waals surface area contributed by atoms with Crippen molar-refractivity contribution in [1.82, 2.24) is 16.0 Å². The second-order valence-corrected chi connectivity index (χ2v) is 6.24. The number of benzene rings is 1. The maximum atomic E-state index is 12.4. The van der Waals surface area contributed by atoms with Gasteiger partial charge in [0.05, 0.1) is 6.04 Å². The summed E-state index contributed by atoms with van der Waals surface area (Å²) >= 11 is 0. The molecule has 1 aromatic carbocycles. The van der Waals surface area contributed by atoms with Crippen molar-refractivity contribution in [2.45, 2.75) is 58.0 Å². The van der Waals surface area contributed by atoms with E-state index in [2.05, 4.69) is 16.0 Å². The van der Waals surface area contributed by atoms with E-state index in [9.17, 15) is 9.59 Å². The molecule has 0 saturated heterocycles. The van der Waals surface area contributed by atoms with Crippen LogP contribution in [0, 0.1) is 6.92 Å². The van der Waals surface area contributed by atoms with E-state index >= 15 is 0 Å². The molecule has 0 aromatic heterocycles. The van der Waals surface area contributed by atoms with Crippen LogP contribution in [0.15, 0.2) is 24.3 Å². The van der Waals surface area contributed by atoms with Gasteiger partial charge in [0, 0.05) is 18.2 Å². The van der Waals surface area contributed by atoms with Crippen molar-refractivity contribution < 1.29 is 9.59 Å². The number of hydrogen-bond donors (Lipinski definition) is 3. The Labute approximate surface area is 138 Å². The summed E-state index contributed by atoms with van der Waals surface area (Å²) in [5.74, 6) is -0.0716. The fourth-order valence-corrected chi connectivity index (χ4v) is 2.89. The molecule has 1 aliphatic carbocycles. The summed E-state index contributed by atoms with van der Waals surface area (Å²) in [4.78, 5) is 24.3. The van der Waals surface area contributed by atoms with Gasteiger partial charge in [0.2, 0.25) is 0 Å². The van der Waals surface area contributed by atoms with Crippen molar-refractivity contribution >= 4 is 11.9 Å². The van der Waals surface area contributed by atoms with E-state index in [-0.39, 0.29) is 24.0 Å². The van der Waals surface area contributed by atoms with E-state index in [1.165, 1.54) is 0 Å². The highest BCUT2D eigenvalue weighted by molar-refractivity contribution is 5.94. The Balaban J connectivity index is 1.93. The summed E-state index contributed by atoms with van der Waals surface area (Å²) in [6.07, 6.45) is 4.86. The fraction of sp³-hybridized carbons (Fsp3) is 0.556. The molecule has 1 fully saturated rings. The Bertz CT molecular complexity index is 528. The molecule has 126 valence electrons. The Morgan fingerprint density at radius 1 is 1.04 bits per heavy atom. The van der Waals surface area contributed by atoms with Crippen LogP contribution in [0.5, 0.6) is 0 Å². The molecule has 2 rings (SSSR count). The molecular formula is C18H27N3O2. The fourth-order valence-electron chi connectivity index (χ4n) is 2.89. The number of nitrogens with one attached hydrogen (secondary N) is 3. The van der Waals surface area contributed by atoms with E-state index in [1.807, 2.05) is 38.1 Å². The van der Waals surface area contributed by atoms with Crippen LogP contribution in [0.3, 0.4) is 0 Å². The molecule has 0 radical (unpaired) electrons. The minimum atomic E-state index is -0.145. The Hall–Kier alpha value is -2.04. The van der Waals surface area contributed by atoms with E-state index in [4.69, 9.17) is 0 Å². The number of carbonyl (C=O) groups excluding carboxylic acids is 2. The monoisotopic (exact) mass is 317 g/mol. The molecule has 0 aliphatic heterocycles. The van der Waals surface area contributed by atoms with Gasteiger partial charge in [-0.05, 0) is 38.3 Å². The highest BCUT2D eigenvalue weighted by Crippen LogP contribution is 2.19. The minimum absolute atomic E-state index is 0.00463. The molecule has 0 bridgehead atoms. The molecule has 3 N–H and O–H groups in total. The maximum absolute atomic E-state index is 12.4. The quantitative estimate of drug-likeness (QED) is 0.781. The van der Waals surface area contributed by atoms with Gasteiger partial charge in [-0.15, -0.1) is 0 Å².